The van der Waals surface area contributed by atoms with E-state index < -0.39 is 11.7 Å². The van der Waals surface area contributed by atoms with Gasteiger partial charge in [0.25, 0.3) is 5.91 Å². The number of rotatable bonds is 5. The van der Waals surface area contributed by atoms with Gasteiger partial charge in [-0.3, -0.25) is 9.78 Å². The first-order valence-corrected chi connectivity index (χ1v) is 6.41. The topological polar surface area (TPSA) is 72.7 Å². The van der Waals surface area contributed by atoms with Gasteiger partial charge in [-0.05, 0) is 19.4 Å². The van der Waals surface area contributed by atoms with Gasteiger partial charge < -0.3 is 5.32 Å². The van der Waals surface area contributed by atoms with Crippen molar-refractivity contribution < 1.29 is 9.18 Å². The molecule has 0 aromatic carbocycles. The lowest BCUT2D eigenvalue weighted by Gasteiger charge is -2.14. The molecular weight excluding hydrogens is 261 g/mol. The third-order valence-corrected chi connectivity index (χ3v) is 2.83. The van der Waals surface area contributed by atoms with Crippen LogP contribution in [-0.2, 0) is 6.54 Å². The summed E-state index contributed by atoms with van der Waals surface area (Å²) in [6.45, 7) is 4.54. The second-order valence-electron chi connectivity index (χ2n) is 4.39. The molecule has 1 unspecified atom stereocenters. The predicted molar refractivity (Wildman–Crippen MR) is 70.4 cm³/mol. The number of hydrogen-bond donors (Lipinski definition) is 1. The minimum atomic E-state index is -0.646. The smallest absolute Gasteiger partial charge is 0.254 e. The molecule has 7 heteroatoms. The van der Waals surface area contributed by atoms with Gasteiger partial charge in [0.05, 0.1) is 17.8 Å². The summed E-state index contributed by atoms with van der Waals surface area (Å²) >= 11 is 0. The number of aromatic nitrogens is 4. The molecule has 0 saturated heterocycles. The SMILES string of the molecule is CCCn1ncnc1C(C)NC(=O)c1ccncc1F. The van der Waals surface area contributed by atoms with E-state index >= 15 is 0 Å². The molecule has 0 aliphatic heterocycles. The molecule has 2 aromatic heterocycles. The summed E-state index contributed by atoms with van der Waals surface area (Å²) in [6.07, 6.45) is 4.75. The molecule has 1 N–H and O–H groups in total. The Balaban J connectivity index is 2.11. The number of carbonyl (C=O) groups is 1. The van der Waals surface area contributed by atoms with E-state index in [2.05, 4.69) is 20.4 Å². The highest BCUT2D eigenvalue weighted by molar-refractivity contribution is 5.94. The van der Waals surface area contributed by atoms with Gasteiger partial charge in [-0.2, -0.15) is 5.10 Å². The normalized spacial score (nSPS) is 12.2. The molecule has 0 radical (unpaired) electrons. The van der Waals surface area contributed by atoms with Crippen LogP contribution in [0.5, 0.6) is 0 Å². The van der Waals surface area contributed by atoms with Crippen molar-refractivity contribution in [3.05, 3.63) is 42.0 Å². The maximum Gasteiger partial charge on any atom is 0.254 e. The maximum atomic E-state index is 13.5. The zero-order valence-corrected chi connectivity index (χ0v) is 11.4. The number of nitrogens with zero attached hydrogens (tertiary/aromatic N) is 4. The lowest BCUT2D eigenvalue weighted by Crippen LogP contribution is -2.29. The number of pyridine rings is 1. The molecule has 0 spiro atoms. The van der Waals surface area contributed by atoms with Crippen molar-refractivity contribution in [3.63, 3.8) is 0 Å². The molecular formula is C13H16FN5O. The van der Waals surface area contributed by atoms with Crippen LogP contribution in [0.1, 0.15) is 42.5 Å². The molecule has 1 atom stereocenters. The number of halogens is 1. The first-order valence-electron chi connectivity index (χ1n) is 6.41. The van der Waals surface area contributed by atoms with Crippen LogP contribution in [0.4, 0.5) is 4.39 Å². The van der Waals surface area contributed by atoms with E-state index in [9.17, 15) is 9.18 Å². The van der Waals surface area contributed by atoms with Crippen LogP contribution >= 0.6 is 0 Å². The van der Waals surface area contributed by atoms with Gasteiger partial charge >= 0.3 is 0 Å². The number of aryl methyl sites for hydroxylation is 1. The number of hydrogen-bond acceptors (Lipinski definition) is 4. The Hall–Kier alpha value is -2.31. The fraction of sp³-hybridized carbons (Fsp3) is 0.385. The number of nitrogens with one attached hydrogen (secondary N) is 1. The average Bonchev–Trinajstić information content (AvgIpc) is 2.88. The molecule has 6 nitrogen and oxygen atoms in total. The van der Waals surface area contributed by atoms with Crippen molar-refractivity contribution in [1.82, 2.24) is 25.1 Å². The Morgan fingerprint density at radius 1 is 1.55 bits per heavy atom. The molecule has 0 aliphatic carbocycles. The summed E-state index contributed by atoms with van der Waals surface area (Å²) in [5.74, 6) is -0.495. The largest absolute Gasteiger partial charge is 0.342 e. The van der Waals surface area contributed by atoms with Crippen LogP contribution in [0.15, 0.2) is 24.8 Å². The van der Waals surface area contributed by atoms with E-state index in [0.717, 1.165) is 19.2 Å². The first-order chi connectivity index (χ1) is 9.63. The quantitative estimate of drug-likeness (QED) is 0.903. The molecule has 106 valence electrons. The van der Waals surface area contributed by atoms with Crippen LogP contribution in [-0.4, -0.2) is 25.7 Å². The van der Waals surface area contributed by atoms with Crippen molar-refractivity contribution >= 4 is 5.91 Å². The summed E-state index contributed by atoms with van der Waals surface area (Å²) in [5.41, 5.74) is -0.0339. The molecule has 1 amide bonds. The van der Waals surface area contributed by atoms with Crippen molar-refractivity contribution in [3.8, 4) is 0 Å². The van der Waals surface area contributed by atoms with Crippen molar-refractivity contribution in [2.24, 2.45) is 0 Å². The molecule has 0 fully saturated rings. The molecule has 2 aromatic rings. The van der Waals surface area contributed by atoms with Crippen LogP contribution < -0.4 is 5.32 Å². The lowest BCUT2D eigenvalue weighted by molar-refractivity contribution is 0.0933. The Bertz CT molecular complexity index is 598. The van der Waals surface area contributed by atoms with Gasteiger partial charge in [0.15, 0.2) is 5.82 Å². The summed E-state index contributed by atoms with van der Waals surface area (Å²) < 4.78 is 15.2. The van der Waals surface area contributed by atoms with Crippen LogP contribution in [0.2, 0.25) is 0 Å². The van der Waals surface area contributed by atoms with E-state index in [1.807, 2.05) is 6.92 Å². The Labute approximate surface area is 116 Å². The third kappa shape index (κ3) is 2.98. The van der Waals surface area contributed by atoms with E-state index in [1.54, 1.807) is 11.6 Å². The third-order valence-electron chi connectivity index (χ3n) is 2.83. The summed E-state index contributed by atoms with van der Waals surface area (Å²) in [6, 6.07) is 0.984. The van der Waals surface area contributed by atoms with E-state index in [0.29, 0.717) is 5.82 Å². The van der Waals surface area contributed by atoms with Crippen molar-refractivity contribution in [2.45, 2.75) is 32.9 Å². The monoisotopic (exact) mass is 277 g/mol. The van der Waals surface area contributed by atoms with E-state index in [1.165, 1.54) is 18.6 Å². The summed E-state index contributed by atoms with van der Waals surface area (Å²) in [4.78, 5) is 19.8. The van der Waals surface area contributed by atoms with Crippen molar-refractivity contribution in [1.29, 1.82) is 0 Å². The summed E-state index contributed by atoms with van der Waals surface area (Å²) in [5, 5.41) is 6.80. The zero-order valence-electron chi connectivity index (χ0n) is 11.4. The highest BCUT2D eigenvalue weighted by atomic mass is 19.1. The van der Waals surface area contributed by atoms with Crippen LogP contribution in [0, 0.1) is 5.82 Å². The fourth-order valence-electron chi connectivity index (χ4n) is 1.89. The van der Waals surface area contributed by atoms with Crippen LogP contribution in [0.3, 0.4) is 0 Å². The second-order valence-corrected chi connectivity index (χ2v) is 4.39. The highest BCUT2D eigenvalue weighted by Crippen LogP contribution is 2.11. The minimum Gasteiger partial charge on any atom is -0.342 e. The number of carbonyl (C=O) groups excluding carboxylic acids is 1. The van der Waals surface area contributed by atoms with Gasteiger partial charge in [0.2, 0.25) is 0 Å². The van der Waals surface area contributed by atoms with Gasteiger partial charge in [-0.25, -0.2) is 14.1 Å². The number of amides is 1. The van der Waals surface area contributed by atoms with Gasteiger partial charge in [0, 0.05) is 12.7 Å². The average molecular weight is 277 g/mol. The fourth-order valence-corrected chi connectivity index (χ4v) is 1.89. The summed E-state index contributed by atoms with van der Waals surface area (Å²) in [7, 11) is 0. The zero-order chi connectivity index (χ0) is 14.5. The Morgan fingerprint density at radius 2 is 2.35 bits per heavy atom. The van der Waals surface area contributed by atoms with E-state index in [4.69, 9.17) is 0 Å². The lowest BCUT2D eigenvalue weighted by atomic mass is 10.2. The maximum absolute atomic E-state index is 13.5. The van der Waals surface area contributed by atoms with Gasteiger partial charge in [-0.1, -0.05) is 6.92 Å². The van der Waals surface area contributed by atoms with E-state index in [-0.39, 0.29) is 11.6 Å². The molecule has 2 rings (SSSR count). The highest BCUT2D eigenvalue weighted by Gasteiger charge is 2.18. The minimum absolute atomic E-state index is 0.0339. The van der Waals surface area contributed by atoms with Crippen LogP contribution in [0.25, 0.3) is 0 Å². The first kappa shape index (κ1) is 14.1. The van der Waals surface area contributed by atoms with Crippen molar-refractivity contribution in [2.75, 3.05) is 0 Å². The standard InChI is InChI=1S/C13H16FN5O/c1-3-6-19-12(16-8-17-19)9(2)18-13(20)10-4-5-15-7-11(10)14/h4-5,7-9H,3,6H2,1-2H3,(H,18,20). The molecule has 0 aliphatic rings. The van der Waals surface area contributed by atoms with Gasteiger partial charge in [-0.15, -0.1) is 0 Å². The Morgan fingerprint density at radius 3 is 3.05 bits per heavy atom. The molecule has 20 heavy (non-hydrogen) atoms. The molecule has 0 saturated carbocycles. The van der Waals surface area contributed by atoms with Gasteiger partial charge in [0.1, 0.15) is 12.2 Å². The molecule has 0 bridgehead atoms. The Kier molecular flexibility index (Phi) is 4.39. The molecule has 2 heterocycles. The predicted octanol–water partition coefficient (Wildman–Crippen LogP) is 1.71. The second kappa shape index (κ2) is 6.23.